The standard InChI is InChI=1S/C20H24N4O3/c1-13(2)24-16-12-21-9-8-15(16)23-19(20(24)25)22-10-7-14-5-6-17(26-3)18(11-14)27-4/h5-6,8-9,11-13H,7,10H2,1-4H3,(H,22,23). The Kier molecular flexibility index (Phi) is 5.59. The van der Waals surface area contributed by atoms with Gasteiger partial charge >= 0.3 is 0 Å². The summed E-state index contributed by atoms with van der Waals surface area (Å²) < 4.78 is 12.3. The lowest BCUT2D eigenvalue weighted by atomic mass is 10.1. The van der Waals surface area contributed by atoms with E-state index in [1.807, 2.05) is 38.1 Å². The van der Waals surface area contributed by atoms with Gasteiger partial charge in [0.2, 0.25) is 0 Å². The van der Waals surface area contributed by atoms with Crippen LogP contribution in [0.15, 0.2) is 41.5 Å². The summed E-state index contributed by atoms with van der Waals surface area (Å²) in [5, 5.41) is 3.18. The summed E-state index contributed by atoms with van der Waals surface area (Å²) in [5.41, 5.74) is 2.42. The van der Waals surface area contributed by atoms with Gasteiger partial charge in [-0.2, -0.15) is 0 Å². The van der Waals surface area contributed by atoms with E-state index in [1.54, 1.807) is 31.2 Å². The number of nitrogens with one attached hydrogen (secondary N) is 1. The van der Waals surface area contributed by atoms with Gasteiger partial charge in [0.25, 0.3) is 5.56 Å². The summed E-state index contributed by atoms with van der Waals surface area (Å²) in [6.45, 7) is 4.52. The molecule has 0 amide bonds. The molecular weight excluding hydrogens is 344 g/mol. The zero-order chi connectivity index (χ0) is 19.4. The average molecular weight is 368 g/mol. The molecule has 0 fully saturated rings. The molecule has 0 bridgehead atoms. The molecule has 0 aliphatic rings. The number of aromatic nitrogens is 3. The number of methoxy groups -OCH3 is 2. The van der Waals surface area contributed by atoms with Crippen LogP contribution in [0.4, 0.5) is 5.82 Å². The van der Waals surface area contributed by atoms with Crippen molar-refractivity contribution in [2.24, 2.45) is 0 Å². The van der Waals surface area contributed by atoms with Gasteiger partial charge in [-0.15, -0.1) is 0 Å². The minimum atomic E-state index is -0.141. The van der Waals surface area contributed by atoms with Gasteiger partial charge < -0.3 is 14.8 Å². The van der Waals surface area contributed by atoms with Crippen molar-refractivity contribution in [3.8, 4) is 11.5 Å². The molecule has 2 heterocycles. The van der Waals surface area contributed by atoms with Gasteiger partial charge in [-0.05, 0) is 44.0 Å². The minimum absolute atomic E-state index is 0.0126. The van der Waals surface area contributed by atoms with Crippen molar-refractivity contribution in [2.75, 3.05) is 26.1 Å². The summed E-state index contributed by atoms with van der Waals surface area (Å²) >= 11 is 0. The molecule has 3 aromatic rings. The lowest BCUT2D eigenvalue weighted by Gasteiger charge is -2.15. The third-order valence-corrected chi connectivity index (χ3v) is 4.36. The van der Waals surface area contributed by atoms with Crippen molar-refractivity contribution in [3.63, 3.8) is 0 Å². The number of fused-ring (bicyclic) bond motifs is 1. The molecule has 0 spiro atoms. The van der Waals surface area contributed by atoms with Crippen molar-refractivity contribution in [1.29, 1.82) is 0 Å². The van der Waals surface area contributed by atoms with Gasteiger partial charge in [-0.25, -0.2) is 4.98 Å². The molecule has 7 nitrogen and oxygen atoms in total. The molecule has 0 atom stereocenters. The lowest BCUT2D eigenvalue weighted by molar-refractivity contribution is 0.354. The zero-order valence-electron chi connectivity index (χ0n) is 16.0. The molecular formula is C20H24N4O3. The highest BCUT2D eigenvalue weighted by Crippen LogP contribution is 2.27. The fourth-order valence-electron chi connectivity index (χ4n) is 3.04. The molecule has 7 heteroatoms. The van der Waals surface area contributed by atoms with Crippen LogP contribution in [0.1, 0.15) is 25.5 Å². The largest absolute Gasteiger partial charge is 0.493 e. The Labute approximate surface area is 158 Å². The van der Waals surface area contributed by atoms with Crippen LogP contribution < -0.4 is 20.3 Å². The number of pyridine rings is 1. The molecule has 3 rings (SSSR count). The Morgan fingerprint density at radius 2 is 1.93 bits per heavy atom. The molecule has 0 aliphatic carbocycles. The van der Waals surface area contributed by atoms with Gasteiger partial charge in [-0.1, -0.05) is 6.07 Å². The van der Waals surface area contributed by atoms with Crippen LogP contribution in [0.3, 0.4) is 0 Å². The van der Waals surface area contributed by atoms with E-state index in [0.717, 1.165) is 23.0 Å². The maximum absolute atomic E-state index is 12.8. The van der Waals surface area contributed by atoms with E-state index >= 15 is 0 Å². The quantitative estimate of drug-likeness (QED) is 0.691. The van der Waals surface area contributed by atoms with Gasteiger partial charge in [0, 0.05) is 18.8 Å². The van der Waals surface area contributed by atoms with Crippen LogP contribution in [0.2, 0.25) is 0 Å². The lowest BCUT2D eigenvalue weighted by Crippen LogP contribution is -2.27. The van der Waals surface area contributed by atoms with Crippen LogP contribution in [0.5, 0.6) is 11.5 Å². The second-order valence-electron chi connectivity index (χ2n) is 6.46. The van der Waals surface area contributed by atoms with Gasteiger partial charge in [0.15, 0.2) is 17.3 Å². The summed E-state index contributed by atoms with van der Waals surface area (Å²) in [4.78, 5) is 21.4. The Hall–Kier alpha value is -3.09. The smallest absolute Gasteiger partial charge is 0.294 e. The SMILES string of the molecule is COc1ccc(CCNc2nc3ccncc3n(C(C)C)c2=O)cc1OC. The van der Waals surface area contributed by atoms with Gasteiger partial charge in [0.1, 0.15) is 0 Å². The predicted molar refractivity (Wildman–Crippen MR) is 106 cm³/mol. The monoisotopic (exact) mass is 368 g/mol. The summed E-state index contributed by atoms with van der Waals surface area (Å²) in [5.74, 6) is 1.73. The van der Waals surface area contributed by atoms with E-state index in [4.69, 9.17) is 9.47 Å². The molecule has 1 N–H and O–H groups in total. The number of hydrogen-bond acceptors (Lipinski definition) is 6. The Morgan fingerprint density at radius 1 is 1.15 bits per heavy atom. The number of ether oxygens (including phenoxy) is 2. The Morgan fingerprint density at radius 3 is 2.63 bits per heavy atom. The van der Waals surface area contributed by atoms with Crippen LogP contribution in [-0.2, 0) is 6.42 Å². The van der Waals surface area contributed by atoms with Crippen molar-refractivity contribution in [1.82, 2.24) is 14.5 Å². The van der Waals surface area contributed by atoms with E-state index in [9.17, 15) is 4.79 Å². The van der Waals surface area contributed by atoms with Crippen molar-refractivity contribution >= 4 is 16.9 Å². The molecule has 27 heavy (non-hydrogen) atoms. The average Bonchev–Trinajstić information content (AvgIpc) is 2.67. The maximum Gasteiger partial charge on any atom is 0.294 e. The molecule has 0 aliphatic heterocycles. The third-order valence-electron chi connectivity index (χ3n) is 4.36. The number of nitrogens with zero attached hydrogens (tertiary/aromatic N) is 3. The zero-order valence-corrected chi connectivity index (χ0v) is 16.0. The number of anilines is 1. The van der Waals surface area contributed by atoms with E-state index in [1.165, 1.54) is 0 Å². The maximum atomic E-state index is 12.8. The summed E-state index contributed by atoms with van der Waals surface area (Å²) in [6.07, 6.45) is 4.08. The van der Waals surface area contributed by atoms with Crippen LogP contribution in [-0.4, -0.2) is 35.3 Å². The second kappa shape index (κ2) is 8.07. The highest BCUT2D eigenvalue weighted by molar-refractivity contribution is 5.75. The normalized spacial score (nSPS) is 11.0. The van der Waals surface area contributed by atoms with Crippen LogP contribution >= 0.6 is 0 Å². The van der Waals surface area contributed by atoms with E-state index in [0.29, 0.717) is 23.9 Å². The first-order valence-electron chi connectivity index (χ1n) is 8.86. The Balaban J connectivity index is 1.81. The highest BCUT2D eigenvalue weighted by atomic mass is 16.5. The molecule has 0 radical (unpaired) electrons. The minimum Gasteiger partial charge on any atom is -0.493 e. The number of hydrogen-bond donors (Lipinski definition) is 1. The van der Waals surface area contributed by atoms with Crippen molar-refractivity contribution < 1.29 is 9.47 Å². The first-order valence-corrected chi connectivity index (χ1v) is 8.86. The topological polar surface area (TPSA) is 78.3 Å². The first-order chi connectivity index (χ1) is 13.0. The molecule has 0 saturated carbocycles. The number of benzene rings is 1. The van der Waals surface area contributed by atoms with Crippen LogP contribution in [0.25, 0.3) is 11.0 Å². The fourth-order valence-corrected chi connectivity index (χ4v) is 3.04. The fraction of sp³-hybridized carbons (Fsp3) is 0.350. The van der Waals surface area contributed by atoms with Crippen molar-refractivity contribution in [3.05, 3.63) is 52.6 Å². The molecule has 142 valence electrons. The molecule has 0 unspecified atom stereocenters. The first kappa shape index (κ1) is 18.7. The van der Waals surface area contributed by atoms with Gasteiger partial charge in [0.05, 0.1) is 31.4 Å². The predicted octanol–water partition coefficient (Wildman–Crippen LogP) is 3.04. The van der Waals surface area contributed by atoms with Crippen molar-refractivity contribution in [2.45, 2.75) is 26.3 Å². The van der Waals surface area contributed by atoms with E-state index in [2.05, 4.69) is 15.3 Å². The summed E-state index contributed by atoms with van der Waals surface area (Å²) in [7, 11) is 3.22. The second-order valence-corrected chi connectivity index (χ2v) is 6.46. The molecule has 0 saturated heterocycles. The summed E-state index contributed by atoms with van der Waals surface area (Å²) in [6, 6.07) is 7.62. The third kappa shape index (κ3) is 3.86. The van der Waals surface area contributed by atoms with Crippen LogP contribution in [0, 0.1) is 0 Å². The molecule has 1 aromatic carbocycles. The Bertz CT molecular complexity index is 998. The van der Waals surface area contributed by atoms with Gasteiger partial charge in [-0.3, -0.25) is 14.3 Å². The molecule has 2 aromatic heterocycles. The van der Waals surface area contributed by atoms with E-state index < -0.39 is 0 Å². The van der Waals surface area contributed by atoms with E-state index in [-0.39, 0.29) is 11.6 Å². The number of rotatable bonds is 7. The highest BCUT2D eigenvalue weighted by Gasteiger charge is 2.13.